The molecule has 0 unspecified atom stereocenters. The maximum absolute atomic E-state index is 12.7. The topological polar surface area (TPSA) is 83.2 Å². The summed E-state index contributed by atoms with van der Waals surface area (Å²) < 4.78 is 14.3. The van der Waals surface area contributed by atoms with Gasteiger partial charge in [0.15, 0.2) is 0 Å². The van der Waals surface area contributed by atoms with Crippen LogP contribution in [-0.2, 0) is 23.6 Å². The van der Waals surface area contributed by atoms with Gasteiger partial charge in [-0.15, -0.1) is 5.10 Å². The van der Waals surface area contributed by atoms with E-state index in [1.54, 1.807) is 28.8 Å². The molecule has 124 valence electrons. The lowest BCUT2D eigenvalue weighted by atomic mass is 9.90. The molecule has 23 heavy (non-hydrogen) atoms. The van der Waals surface area contributed by atoms with Crippen molar-refractivity contribution < 1.29 is 14.3 Å². The number of hydrogen-bond donors (Lipinski definition) is 1. The molecular formula is C15H21N5O3. The number of ether oxygens (including phenoxy) is 2. The second-order valence-corrected chi connectivity index (χ2v) is 5.70. The Hall–Kier alpha value is -2.35. The van der Waals surface area contributed by atoms with Crippen molar-refractivity contribution in [2.45, 2.75) is 18.9 Å². The Labute approximate surface area is 134 Å². The van der Waals surface area contributed by atoms with Gasteiger partial charge in [-0.25, -0.2) is 0 Å². The molecule has 1 aliphatic heterocycles. The number of amides is 1. The SMILES string of the molecule is COc1nn(C)cc1NC(=O)[C@@H]1CCCO[C@H]1c1cnn(C)c1. The zero-order valence-corrected chi connectivity index (χ0v) is 13.5. The molecule has 8 heteroatoms. The highest BCUT2D eigenvalue weighted by molar-refractivity contribution is 5.94. The summed E-state index contributed by atoms with van der Waals surface area (Å²) >= 11 is 0. The summed E-state index contributed by atoms with van der Waals surface area (Å²) in [6.45, 7) is 0.652. The number of carbonyl (C=O) groups excluding carboxylic acids is 1. The van der Waals surface area contributed by atoms with Gasteiger partial charge in [-0.1, -0.05) is 0 Å². The van der Waals surface area contributed by atoms with E-state index < -0.39 is 0 Å². The first-order valence-electron chi connectivity index (χ1n) is 7.57. The molecule has 0 aromatic carbocycles. The lowest BCUT2D eigenvalue weighted by molar-refractivity contribution is -0.129. The number of nitrogens with one attached hydrogen (secondary N) is 1. The van der Waals surface area contributed by atoms with E-state index in [9.17, 15) is 4.79 Å². The molecule has 0 saturated carbocycles. The van der Waals surface area contributed by atoms with Crippen molar-refractivity contribution in [2.75, 3.05) is 19.0 Å². The molecule has 3 heterocycles. The fraction of sp³-hybridized carbons (Fsp3) is 0.533. The van der Waals surface area contributed by atoms with Crippen molar-refractivity contribution in [2.24, 2.45) is 20.0 Å². The fourth-order valence-electron chi connectivity index (χ4n) is 2.90. The fourth-order valence-corrected chi connectivity index (χ4v) is 2.90. The van der Waals surface area contributed by atoms with Crippen molar-refractivity contribution in [3.63, 3.8) is 0 Å². The van der Waals surface area contributed by atoms with Crippen molar-refractivity contribution in [3.05, 3.63) is 24.2 Å². The molecule has 2 atom stereocenters. The second-order valence-electron chi connectivity index (χ2n) is 5.70. The van der Waals surface area contributed by atoms with E-state index in [0.29, 0.717) is 18.2 Å². The van der Waals surface area contributed by atoms with Gasteiger partial charge in [-0.2, -0.15) is 5.10 Å². The number of anilines is 1. The quantitative estimate of drug-likeness (QED) is 0.917. The molecule has 1 N–H and O–H groups in total. The number of carbonyl (C=O) groups is 1. The van der Waals surface area contributed by atoms with E-state index in [1.807, 2.05) is 13.2 Å². The Bertz CT molecular complexity index is 693. The smallest absolute Gasteiger partial charge is 0.256 e. The molecular weight excluding hydrogens is 298 g/mol. The van der Waals surface area contributed by atoms with E-state index >= 15 is 0 Å². The van der Waals surface area contributed by atoms with Gasteiger partial charge in [0.1, 0.15) is 5.69 Å². The van der Waals surface area contributed by atoms with Crippen LogP contribution in [-0.4, -0.2) is 39.2 Å². The predicted molar refractivity (Wildman–Crippen MR) is 83.0 cm³/mol. The van der Waals surface area contributed by atoms with Crippen molar-refractivity contribution in [3.8, 4) is 5.88 Å². The summed E-state index contributed by atoms with van der Waals surface area (Å²) in [5, 5.41) is 11.2. The zero-order valence-electron chi connectivity index (χ0n) is 13.5. The molecule has 2 aromatic heterocycles. The first kappa shape index (κ1) is 15.5. The molecule has 1 aliphatic rings. The van der Waals surface area contributed by atoms with E-state index in [2.05, 4.69) is 15.5 Å². The van der Waals surface area contributed by atoms with Crippen LogP contribution in [0, 0.1) is 5.92 Å². The average Bonchev–Trinajstić information content (AvgIpc) is 3.12. The Morgan fingerprint density at radius 1 is 1.39 bits per heavy atom. The highest BCUT2D eigenvalue weighted by Gasteiger charge is 2.34. The van der Waals surface area contributed by atoms with Crippen LogP contribution < -0.4 is 10.1 Å². The third-order valence-corrected chi connectivity index (χ3v) is 3.96. The van der Waals surface area contributed by atoms with Gasteiger partial charge < -0.3 is 14.8 Å². The maximum Gasteiger partial charge on any atom is 0.256 e. The lowest BCUT2D eigenvalue weighted by Crippen LogP contribution is -2.33. The Balaban J connectivity index is 1.78. The molecule has 0 aliphatic carbocycles. The third-order valence-electron chi connectivity index (χ3n) is 3.96. The van der Waals surface area contributed by atoms with Crippen LogP contribution >= 0.6 is 0 Å². The van der Waals surface area contributed by atoms with Crippen molar-refractivity contribution in [1.29, 1.82) is 0 Å². The molecule has 8 nitrogen and oxygen atoms in total. The van der Waals surface area contributed by atoms with E-state index in [0.717, 1.165) is 18.4 Å². The minimum atomic E-state index is -0.278. The minimum absolute atomic E-state index is 0.0927. The Morgan fingerprint density at radius 2 is 2.22 bits per heavy atom. The number of methoxy groups -OCH3 is 1. The number of aromatic nitrogens is 4. The van der Waals surface area contributed by atoms with Gasteiger partial charge in [0.05, 0.1) is 31.5 Å². The molecule has 2 aromatic rings. The van der Waals surface area contributed by atoms with E-state index in [4.69, 9.17) is 9.47 Å². The van der Waals surface area contributed by atoms with Crippen LogP contribution in [0.5, 0.6) is 5.88 Å². The molecule has 1 fully saturated rings. The van der Waals surface area contributed by atoms with Gasteiger partial charge in [0.25, 0.3) is 5.88 Å². The van der Waals surface area contributed by atoms with Gasteiger partial charge in [-0.3, -0.25) is 14.2 Å². The first-order valence-corrected chi connectivity index (χ1v) is 7.57. The number of hydrogen-bond acceptors (Lipinski definition) is 5. The highest BCUT2D eigenvalue weighted by Crippen LogP contribution is 2.35. The van der Waals surface area contributed by atoms with Crippen LogP contribution in [0.2, 0.25) is 0 Å². The normalized spacial score (nSPS) is 21.2. The standard InChI is InChI=1S/C15H21N5O3/c1-19-8-10(7-16-19)13-11(5-4-6-23-13)14(21)17-12-9-20(2)18-15(12)22-3/h7-9,11,13H,4-6H2,1-3H3,(H,17,21)/t11-,13+/m1/s1. The van der Waals surface area contributed by atoms with E-state index in [-0.39, 0.29) is 17.9 Å². The predicted octanol–water partition coefficient (Wildman–Crippen LogP) is 1.27. The Morgan fingerprint density at radius 3 is 2.91 bits per heavy atom. The molecule has 3 rings (SSSR count). The summed E-state index contributed by atoms with van der Waals surface area (Å²) in [7, 11) is 5.16. The summed E-state index contributed by atoms with van der Waals surface area (Å²) in [6, 6.07) is 0. The van der Waals surface area contributed by atoms with Crippen LogP contribution in [0.4, 0.5) is 5.69 Å². The van der Waals surface area contributed by atoms with Crippen molar-refractivity contribution in [1.82, 2.24) is 19.6 Å². The number of aryl methyl sites for hydroxylation is 2. The average molecular weight is 319 g/mol. The third kappa shape index (κ3) is 3.21. The van der Waals surface area contributed by atoms with Crippen LogP contribution in [0.25, 0.3) is 0 Å². The molecule has 0 bridgehead atoms. The summed E-state index contributed by atoms with van der Waals surface area (Å²) in [5.41, 5.74) is 1.49. The zero-order chi connectivity index (χ0) is 16.4. The van der Waals surface area contributed by atoms with Gasteiger partial charge in [0, 0.05) is 32.5 Å². The Kier molecular flexibility index (Phi) is 4.33. The summed E-state index contributed by atoms with van der Waals surface area (Å²) in [4.78, 5) is 12.7. The van der Waals surface area contributed by atoms with Gasteiger partial charge in [-0.05, 0) is 12.8 Å². The molecule has 0 spiro atoms. The second kappa shape index (κ2) is 6.41. The van der Waals surface area contributed by atoms with Gasteiger partial charge in [0.2, 0.25) is 5.91 Å². The number of rotatable bonds is 4. The largest absolute Gasteiger partial charge is 0.478 e. The van der Waals surface area contributed by atoms with Crippen LogP contribution in [0.3, 0.4) is 0 Å². The van der Waals surface area contributed by atoms with Crippen LogP contribution in [0.1, 0.15) is 24.5 Å². The lowest BCUT2D eigenvalue weighted by Gasteiger charge is -2.30. The molecule has 0 radical (unpaired) electrons. The monoisotopic (exact) mass is 319 g/mol. The number of nitrogens with zero attached hydrogens (tertiary/aromatic N) is 4. The molecule has 1 amide bonds. The van der Waals surface area contributed by atoms with Gasteiger partial charge >= 0.3 is 0 Å². The van der Waals surface area contributed by atoms with Crippen LogP contribution in [0.15, 0.2) is 18.6 Å². The first-order chi connectivity index (χ1) is 11.1. The molecule has 1 saturated heterocycles. The minimum Gasteiger partial charge on any atom is -0.478 e. The van der Waals surface area contributed by atoms with E-state index in [1.165, 1.54) is 7.11 Å². The highest BCUT2D eigenvalue weighted by atomic mass is 16.5. The summed E-state index contributed by atoms with van der Waals surface area (Å²) in [5.74, 6) is 0.0400. The maximum atomic E-state index is 12.7. The summed E-state index contributed by atoms with van der Waals surface area (Å²) in [6.07, 6.45) is 6.72. The van der Waals surface area contributed by atoms with Crippen molar-refractivity contribution >= 4 is 11.6 Å².